The molecule has 2 aromatic carbocycles. The van der Waals surface area contributed by atoms with E-state index in [1.54, 1.807) is 11.3 Å². The lowest BCUT2D eigenvalue weighted by Crippen LogP contribution is -2.32. The highest BCUT2D eigenvalue weighted by molar-refractivity contribution is 7.10. The standard InChI is InChI=1S/C28H26N4OS/c1-19-26(27(31-33-19)20-7-3-2-4-8-20)25-18-34-28(30-25)21-12-15-32(16-13-21)17-22-11-14-29-24-10-6-5-9-23(22)24/h2-11,14,18,21H,12-13,15-17H2,1H3. The van der Waals surface area contributed by atoms with E-state index < -0.39 is 0 Å². The van der Waals surface area contributed by atoms with Gasteiger partial charge in [0.25, 0.3) is 0 Å². The number of aryl methyl sites for hydroxylation is 1. The third kappa shape index (κ3) is 4.04. The fourth-order valence-electron chi connectivity index (χ4n) is 4.93. The maximum Gasteiger partial charge on any atom is 0.143 e. The van der Waals surface area contributed by atoms with E-state index in [0.29, 0.717) is 5.92 Å². The van der Waals surface area contributed by atoms with Gasteiger partial charge in [0.1, 0.15) is 11.5 Å². The summed E-state index contributed by atoms with van der Waals surface area (Å²) in [6.07, 6.45) is 4.19. The van der Waals surface area contributed by atoms with Crippen molar-refractivity contribution in [3.8, 4) is 22.5 Å². The number of aromatic nitrogens is 3. The van der Waals surface area contributed by atoms with Gasteiger partial charge in [-0.15, -0.1) is 11.3 Å². The average Bonchev–Trinajstić information content (AvgIpc) is 3.52. The fraction of sp³-hybridized carbons (Fsp3) is 0.250. The number of hydrogen-bond acceptors (Lipinski definition) is 6. The Kier molecular flexibility index (Phi) is 5.69. The molecule has 1 saturated heterocycles. The van der Waals surface area contributed by atoms with Crippen molar-refractivity contribution in [1.82, 2.24) is 20.0 Å². The highest BCUT2D eigenvalue weighted by Crippen LogP contribution is 2.38. The Bertz CT molecular complexity index is 1410. The van der Waals surface area contributed by atoms with Crippen molar-refractivity contribution < 1.29 is 4.52 Å². The van der Waals surface area contributed by atoms with E-state index in [1.807, 2.05) is 31.3 Å². The quantitative estimate of drug-likeness (QED) is 0.288. The third-order valence-corrected chi connectivity index (χ3v) is 7.77. The highest BCUT2D eigenvalue weighted by atomic mass is 32.1. The first-order valence-corrected chi connectivity index (χ1v) is 12.7. The van der Waals surface area contributed by atoms with E-state index in [9.17, 15) is 0 Å². The van der Waals surface area contributed by atoms with Crippen molar-refractivity contribution in [3.63, 3.8) is 0 Å². The number of para-hydroxylation sites is 1. The minimum Gasteiger partial charge on any atom is -0.360 e. The first kappa shape index (κ1) is 21.2. The summed E-state index contributed by atoms with van der Waals surface area (Å²) in [6.45, 7) is 5.10. The summed E-state index contributed by atoms with van der Waals surface area (Å²) in [6, 6.07) is 20.8. The second-order valence-corrected chi connectivity index (χ2v) is 9.83. The predicted molar refractivity (Wildman–Crippen MR) is 137 cm³/mol. The van der Waals surface area contributed by atoms with Crippen LogP contribution in [0.5, 0.6) is 0 Å². The summed E-state index contributed by atoms with van der Waals surface area (Å²) in [5, 5.41) is 8.98. The molecule has 170 valence electrons. The smallest absolute Gasteiger partial charge is 0.143 e. The molecule has 0 spiro atoms. The van der Waals surface area contributed by atoms with Gasteiger partial charge in [-0.25, -0.2) is 4.98 Å². The number of piperidine rings is 1. The fourth-order valence-corrected chi connectivity index (χ4v) is 5.91. The van der Waals surface area contributed by atoms with Crippen LogP contribution in [0.25, 0.3) is 33.4 Å². The SMILES string of the molecule is Cc1onc(-c2ccccc2)c1-c1csc(C2CCN(Cc3ccnc4ccccc34)CC2)n1. The summed E-state index contributed by atoms with van der Waals surface area (Å²) in [5.74, 6) is 1.32. The summed E-state index contributed by atoms with van der Waals surface area (Å²) < 4.78 is 5.56. The molecule has 6 heteroatoms. The third-order valence-electron chi connectivity index (χ3n) is 6.76. The van der Waals surface area contributed by atoms with Gasteiger partial charge < -0.3 is 4.52 Å². The summed E-state index contributed by atoms with van der Waals surface area (Å²) in [7, 11) is 0. The van der Waals surface area contributed by atoms with Gasteiger partial charge in [0, 0.05) is 35.0 Å². The number of rotatable bonds is 5. The van der Waals surface area contributed by atoms with E-state index in [4.69, 9.17) is 9.51 Å². The zero-order chi connectivity index (χ0) is 22.9. The number of nitrogens with zero attached hydrogens (tertiary/aromatic N) is 4. The Labute approximate surface area is 203 Å². The lowest BCUT2D eigenvalue weighted by Gasteiger charge is -2.31. The van der Waals surface area contributed by atoms with Gasteiger partial charge in [0.2, 0.25) is 0 Å². The molecule has 5 aromatic rings. The summed E-state index contributed by atoms with van der Waals surface area (Å²) >= 11 is 1.77. The minimum absolute atomic E-state index is 0.504. The molecule has 0 N–H and O–H groups in total. The molecule has 0 saturated carbocycles. The van der Waals surface area contributed by atoms with Crippen LogP contribution in [0.15, 0.2) is 76.8 Å². The van der Waals surface area contributed by atoms with Crippen LogP contribution < -0.4 is 0 Å². The number of likely N-dealkylation sites (tertiary alicyclic amines) is 1. The van der Waals surface area contributed by atoms with Gasteiger partial charge in [-0.2, -0.15) is 0 Å². The Morgan fingerprint density at radius 1 is 1.00 bits per heavy atom. The molecule has 0 aliphatic carbocycles. The van der Waals surface area contributed by atoms with E-state index in [0.717, 1.165) is 66.3 Å². The second-order valence-electron chi connectivity index (χ2n) is 8.94. The van der Waals surface area contributed by atoms with Gasteiger partial charge in [-0.3, -0.25) is 9.88 Å². The predicted octanol–water partition coefficient (Wildman–Crippen LogP) is 6.70. The van der Waals surface area contributed by atoms with Crippen LogP contribution in [-0.4, -0.2) is 33.1 Å². The molecular formula is C28H26N4OS. The molecule has 0 atom stereocenters. The van der Waals surface area contributed by atoms with Crippen molar-refractivity contribution in [2.24, 2.45) is 0 Å². The molecule has 0 unspecified atom stereocenters. The van der Waals surface area contributed by atoms with Crippen LogP contribution in [0.3, 0.4) is 0 Å². The Balaban J connectivity index is 1.16. The molecule has 0 bridgehead atoms. The summed E-state index contributed by atoms with van der Waals surface area (Å²) in [5.41, 5.74) is 6.34. The summed E-state index contributed by atoms with van der Waals surface area (Å²) in [4.78, 5) is 12.1. The first-order valence-electron chi connectivity index (χ1n) is 11.8. The van der Waals surface area contributed by atoms with Crippen molar-refractivity contribution in [2.45, 2.75) is 32.2 Å². The molecule has 1 aliphatic rings. The van der Waals surface area contributed by atoms with Crippen LogP contribution in [0.1, 0.15) is 35.1 Å². The van der Waals surface area contributed by atoms with Gasteiger partial charge >= 0.3 is 0 Å². The lowest BCUT2D eigenvalue weighted by molar-refractivity contribution is 0.205. The van der Waals surface area contributed by atoms with Crippen molar-refractivity contribution >= 4 is 22.2 Å². The number of thiazole rings is 1. The average molecular weight is 467 g/mol. The van der Waals surface area contributed by atoms with Crippen LogP contribution in [-0.2, 0) is 6.54 Å². The van der Waals surface area contributed by atoms with E-state index in [-0.39, 0.29) is 0 Å². The van der Waals surface area contributed by atoms with E-state index >= 15 is 0 Å². The molecule has 3 aromatic heterocycles. The number of fused-ring (bicyclic) bond motifs is 1. The van der Waals surface area contributed by atoms with Crippen molar-refractivity contribution in [1.29, 1.82) is 0 Å². The van der Waals surface area contributed by atoms with Crippen LogP contribution >= 0.6 is 11.3 Å². The topological polar surface area (TPSA) is 55.1 Å². The first-order chi connectivity index (χ1) is 16.8. The van der Waals surface area contributed by atoms with E-state index in [1.165, 1.54) is 16.0 Å². The maximum absolute atomic E-state index is 5.56. The molecule has 34 heavy (non-hydrogen) atoms. The number of pyridine rings is 1. The maximum atomic E-state index is 5.56. The monoisotopic (exact) mass is 466 g/mol. The van der Waals surface area contributed by atoms with Crippen LogP contribution in [0.2, 0.25) is 0 Å². The highest BCUT2D eigenvalue weighted by Gasteiger charge is 2.25. The lowest BCUT2D eigenvalue weighted by atomic mass is 9.96. The molecule has 1 aliphatic heterocycles. The molecular weight excluding hydrogens is 440 g/mol. The minimum atomic E-state index is 0.504. The molecule has 1 fully saturated rings. The van der Waals surface area contributed by atoms with Gasteiger partial charge in [0.05, 0.1) is 21.8 Å². The van der Waals surface area contributed by atoms with Crippen molar-refractivity contribution in [3.05, 3.63) is 88.6 Å². The Morgan fingerprint density at radius 3 is 2.65 bits per heavy atom. The van der Waals surface area contributed by atoms with E-state index in [2.05, 4.69) is 62.9 Å². The zero-order valence-corrected chi connectivity index (χ0v) is 20.0. The van der Waals surface area contributed by atoms with Crippen molar-refractivity contribution in [2.75, 3.05) is 13.1 Å². The Morgan fingerprint density at radius 2 is 1.79 bits per heavy atom. The zero-order valence-electron chi connectivity index (χ0n) is 19.1. The second kappa shape index (κ2) is 9.12. The largest absolute Gasteiger partial charge is 0.360 e. The van der Waals surface area contributed by atoms with Crippen LogP contribution in [0, 0.1) is 6.92 Å². The molecule has 0 radical (unpaired) electrons. The molecule has 6 rings (SSSR count). The number of hydrogen-bond donors (Lipinski definition) is 0. The van der Waals surface area contributed by atoms with Gasteiger partial charge in [-0.1, -0.05) is 53.7 Å². The van der Waals surface area contributed by atoms with Gasteiger partial charge in [-0.05, 0) is 50.6 Å². The Hall–Kier alpha value is -3.35. The molecule has 0 amide bonds. The van der Waals surface area contributed by atoms with Gasteiger partial charge in [0.15, 0.2) is 0 Å². The molecule has 5 nitrogen and oxygen atoms in total. The molecule has 4 heterocycles. The normalized spacial score (nSPS) is 15.2. The van der Waals surface area contributed by atoms with Crippen LogP contribution in [0.4, 0.5) is 0 Å². The number of benzene rings is 2.